The topological polar surface area (TPSA) is 196 Å². The number of hydrogen-bond donors (Lipinski definition) is 4. The second-order valence-corrected chi connectivity index (χ2v) is 15.0. The Hall–Kier alpha value is -5.84. The van der Waals surface area contributed by atoms with Gasteiger partial charge in [0, 0.05) is 17.8 Å². The average Bonchev–Trinajstić information content (AvgIpc) is 3.16. The molecule has 3 aromatic rings. The Morgan fingerprint density at radius 1 is 0.828 bits per heavy atom. The predicted molar refractivity (Wildman–Crippen MR) is 200 cm³/mol. The molecule has 0 radical (unpaired) electrons. The van der Waals surface area contributed by atoms with Crippen LogP contribution < -0.4 is 25.4 Å². The number of amides is 3. The van der Waals surface area contributed by atoms with E-state index >= 15 is 0 Å². The van der Waals surface area contributed by atoms with Gasteiger partial charge in [-0.1, -0.05) is 42.8 Å². The third-order valence-corrected chi connectivity index (χ3v) is 10.6. The normalized spacial score (nSPS) is 14.1. The molecule has 1 aliphatic rings. The van der Waals surface area contributed by atoms with E-state index in [2.05, 4.69) is 33.8 Å². The van der Waals surface area contributed by atoms with Crippen LogP contribution >= 0.6 is 7.60 Å². The van der Waals surface area contributed by atoms with Crippen LogP contribution in [0.3, 0.4) is 0 Å². The molecular formula is C39H40F4N3O11P. The van der Waals surface area contributed by atoms with E-state index in [1.807, 2.05) is 0 Å². The Morgan fingerprint density at radius 2 is 1.41 bits per heavy atom. The molecule has 4 rings (SSSR count). The lowest BCUT2D eigenvalue weighted by molar-refractivity contribution is -0.152. The third kappa shape index (κ3) is 11.8. The molecule has 0 spiro atoms. The Balaban J connectivity index is 1.55. The van der Waals surface area contributed by atoms with Crippen molar-refractivity contribution in [2.24, 2.45) is 5.41 Å². The molecule has 2 atom stereocenters. The number of benzene rings is 3. The fourth-order valence-electron chi connectivity index (χ4n) is 5.57. The second kappa shape index (κ2) is 20.5. The van der Waals surface area contributed by atoms with Crippen LogP contribution in [-0.2, 0) is 37.6 Å². The van der Waals surface area contributed by atoms with E-state index in [-0.39, 0.29) is 44.2 Å². The molecule has 310 valence electrons. The van der Waals surface area contributed by atoms with Gasteiger partial charge < -0.3 is 39.6 Å². The fraction of sp³-hybridized carbons (Fsp3) is 0.308. The van der Waals surface area contributed by atoms with Crippen molar-refractivity contribution in [2.75, 3.05) is 31.3 Å². The number of carboxylic acid groups (broad SMARTS) is 1. The molecule has 58 heavy (non-hydrogen) atoms. The maximum absolute atomic E-state index is 14.1. The van der Waals surface area contributed by atoms with Gasteiger partial charge in [-0.2, -0.15) is 8.78 Å². The first-order chi connectivity index (χ1) is 27.6. The van der Waals surface area contributed by atoms with Gasteiger partial charge >= 0.3 is 13.6 Å². The maximum Gasteiger partial charge on any atom is 0.331 e. The first-order valence-electron chi connectivity index (χ1n) is 17.7. The summed E-state index contributed by atoms with van der Waals surface area (Å²) in [6.45, 7) is 5.34. The molecule has 19 heteroatoms. The molecule has 1 fully saturated rings. The minimum Gasteiger partial charge on any atom is -0.481 e. The summed E-state index contributed by atoms with van der Waals surface area (Å²) in [6, 6.07) is 11.5. The van der Waals surface area contributed by atoms with E-state index in [4.69, 9.17) is 13.8 Å². The lowest BCUT2D eigenvalue weighted by Gasteiger charge is -2.40. The van der Waals surface area contributed by atoms with E-state index in [1.165, 1.54) is 24.3 Å². The average molecular weight is 834 g/mol. The molecule has 3 amide bonds. The van der Waals surface area contributed by atoms with Gasteiger partial charge in [-0.15, -0.1) is 13.2 Å². The Morgan fingerprint density at radius 3 is 1.97 bits per heavy atom. The molecule has 0 heterocycles. The highest BCUT2D eigenvalue weighted by Gasteiger charge is 2.52. The number of nitrogens with one attached hydrogen (secondary N) is 3. The van der Waals surface area contributed by atoms with Gasteiger partial charge in [0.05, 0.1) is 25.8 Å². The molecule has 0 bridgehead atoms. The first-order valence-corrected chi connectivity index (χ1v) is 19.4. The summed E-state index contributed by atoms with van der Waals surface area (Å²) >= 11 is 0. The highest BCUT2D eigenvalue weighted by atomic mass is 31.2. The zero-order valence-electron chi connectivity index (χ0n) is 30.8. The van der Waals surface area contributed by atoms with Crippen LogP contribution in [0.4, 0.5) is 23.2 Å². The van der Waals surface area contributed by atoms with Crippen LogP contribution in [0.15, 0.2) is 86.0 Å². The van der Waals surface area contributed by atoms with Crippen molar-refractivity contribution in [3.05, 3.63) is 109 Å². The Labute approximate surface area is 330 Å². The minimum absolute atomic E-state index is 0.0876. The van der Waals surface area contributed by atoms with Gasteiger partial charge in [-0.25, -0.2) is 8.78 Å². The van der Waals surface area contributed by atoms with E-state index in [0.717, 1.165) is 0 Å². The number of ketones is 1. The van der Waals surface area contributed by atoms with E-state index in [0.29, 0.717) is 17.9 Å². The number of rotatable bonds is 23. The van der Waals surface area contributed by atoms with Crippen LogP contribution in [-0.4, -0.2) is 72.6 Å². The zero-order chi connectivity index (χ0) is 42.5. The van der Waals surface area contributed by atoms with E-state index in [1.54, 1.807) is 42.5 Å². The molecule has 0 aromatic heterocycles. The number of Topliss-reactive ketones (excluding diaryl/α,β-unsaturated/α-hetero) is 1. The van der Waals surface area contributed by atoms with Gasteiger partial charge in [-0.3, -0.25) is 28.5 Å². The van der Waals surface area contributed by atoms with E-state index in [9.17, 15) is 51.2 Å². The molecule has 1 aliphatic carbocycles. The Bertz CT molecular complexity index is 2020. The van der Waals surface area contributed by atoms with Gasteiger partial charge in [0.2, 0.25) is 29.4 Å². The van der Waals surface area contributed by atoms with Gasteiger partial charge in [-0.05, 0) is 43.5 Å². The number of halogens is 4. The van der Waals surface area contributed by atoms with Crippen molar-refractivity contribution in [3.8, 4) is 17.2 Å². The van der Waals surface area contributed by atoms with Crippen molar-refractivity contribution in [1.82, 2.24) is 10.6 Å². The summed E-state index contributed by atoms with van der Waals surface area (Å²) in [7, 11) is -3.92. The monoisotopic (exact) mass is 833 g/mol. The molecule has 1 saturated carbocycles. The molecule has 3 aromatic carbocycles. The molecule has 0 aliphatic heterocycles. The number of carbonyl (C=O) groups excluding carboxylic acids is 4. The summed E-state index contributed by atoms with van der Waals surface area (Å²) in [5.74, 6) is -14.2. The van der Waals surface area contributed by atoms with Crippen LogP contribution in [0.25, 0.3) is 0 Å². The van der Waals surface area contributed by atoms with Crippen LogP contribution in [0, 0.1) is 28.7 Å². The number of carbonyl (C=O) groups is 5. The number of hydrogen-bond acceptors (Lipinski definition) is 10. The number of carboxylic acids is 1. The summed E-state index contributed by atoms with van der Waals surface area (Å²) in [6.07, 6.45) is 0.876. The smallest absolute Gasteiger partial charge is 0.331 e. The minimum atomic E-state index is -3.92. The maximum atomic E-state index is 14.1. The van der Waals surface area contributed by atoms with Gasteiger partial charge in [0.15, 0.2) is 23.2 Å². The molecule has 14 nitrogen and oxygen atoms in total. The molecule has 2 unspecified atom stereocenters. The van der Waals surface area contributed by atoms with Crippen molar-refractivity contribution in [3.63, 3.8) is 0 Å². The lowest BCUT2D eigenvalue weighted by atomic mass is 9.67. The van der Waals surface area contributed by atoms with Crippen LogP contribution in [0.5, 0.6) is 17.2 Å². The number of para-hydroxylation sites is 1. The fourth-order valence-corrected chi connectivity index (χ4v) is 7.14. The van der Waals surface area contributed by atoms with Crippen LogP contribution in [0.1, 0.15) is 32.1 Å². The largest absolute Gasteiger partial charge is 0.481 e. The van der Waals surface area contributed by atoms with Crippen molar-refractivity contribution in [2.45, 2.75) is 44.2 Å². The highest BCUT2D eigenvalue weighted by molar-refractivity contribution is 7.53. The Kier molecular flexibility index (Phi) is 15.9. The van der Waals surface area contributed by atoms with Crippen molar-refractivity contribution < 1.29 is 69.7 Å². The summed E-state index contributed by atoms with van der Waals surface area (Å²) < 4.78 is 90.4. The first kappa shape index (κ1) is 44.9. The lowest BCUT2D eigenvalue weighted by Crippen LogP contribution is -2.60. The third-order valence-electron chi connectivity index (χ3n) is 8.75. The SMILES string of the molecule is C=CCOP(=O)(CCC(NC(=O)C1(C(=O)NC(CC(=O)O)C(=O)COc2c(F)c(F)cc(F)c2F)CCC1)C(=O)Nc1cccc(Oc2ccccc2)c1)OCC=C. The number of anilines is 1. The quantitative estimate of drug-likeness (QED) is 0.0278. The molecular weight excluding hydrogens is 793 g/mol. The van der Waals surface area contributed by atoms with Gasteiger partial charge in [0.25, 0.3) is 0 Å². The predicted octanol–water partition coefficient (Wildman–Crippen LogP) is 6.22. The summed E-state index contributed by atoms with van der Waals surface area (Å²) in [5.41, 5.74) is -1.72. The standard InChI is InChI=1S/C39H40F4N3O11P/c1-3-17-55-58(53,56-18-4-2)19-14-29(36(50)44-24-10-8-13-26(20-24)57-25-11-6-5-7-12-25)45-37(51)39(15-9-16-39)38(52)46-30(22-32(48)49)31(47)23-54-35-33(42)27(40)21-28(41)34(35)43/h3-8,10-13,20-21,29-30H,1-2,9,14-19,22-23H2,(H,44,50)(H,45,51)(H,46,52)(H,48,49). The van der Waals surface area contributed by atoms with E-state index < -0.39 is 103 Å². The summed E-state index contributed by atoms with van der Waals surface area (Å²) in [4.78, 5) is 66.3. The van der Waals surface area contributed by atoms with Crippen molar-refractivity contribution in [1.29, 1.82) is 0 Å². The zero-order valence-corrected chi connectivity index (χ0v) is 31.7. The number of ether oxygens (including phenoxy) is 2. The molecule has 4 N–H and O–H groups in total. The number of aliphatic carboxylic acids is 1. The van der Waals surface area contributed by atoms with Crippen LogP contribution in [0.2, 0.25) is 0 Å². The van der Waals surface area contributed by atoms with Crippen molar-refractivity contribution >= 4 is 42.8 Å². The van der Waals surface area contributed by atoms with Gasteiger partial charge in [0.1, 0.15) is 35.6 Å². The highest BCUT2D eigenvalue weighted by Crippen LogP contribution is 2.49. The molecule has 0 saturated heterocycles. The second-order valence-electron chi connectivity index (χ2n) is 12.9. The summed E-state index contributed by atoms with van der Waals surface area (Å²) in [5, 5.41) is 16.8.